The minimum absolute atomic E-state index is 0.146. The summed E-state index contributed by atoms with van der Waals surface area (Å²) < 4.78 is 5.61. The van der Waals surface area contributed by atoms with Gasteiger partial charge in [0.1, 0.15) is 0 Å². The second-order valence-corrected chi connectivity index (χ2v) is 8.23. The van der Waals surface area contributed by atoms with Gasteiger partial charge < -0.3 is 9.13 Å². The minimum Gasteiger partial charge on any atom is -0.350 e. The number of fused-ring (bicyclic) bond motifs is 2. The van der Waals surface area contributed by atoms with Crippen LogP contribution >= 0.6 is 15.9 Å². The molecule has 0 aliphatic rings. The van der Waals surface area contributed by atoms with E-state index in [0.717, 1.165) is 4.47 Å². The van der Waals surface area contributed by atoms with Gasteiger partial charge in [0.05, 0.1) is 0 Å². The first-order valence-corrected chi connectivity index (χ1v) is 10.3. The maximum absolute atomic E-state index is 3.82. The summed E-state index contributed by atoms with van der Waals surface area (Å²) in [5, 5.41) is 2.61. The Morgan fingerprint density at radius 2 is 1.07 bits per heavy atom. The van der Waals surface area contributed by atoms with Crippen LogP contribution in [0.25, 0.3) is 21.8 Å². The number of hydrogen-bond acceptors (Lipinski definition) is 0. The van der Waals surface area contributed by atoms with E-state index in [9.17, 15) is 0 Å². The van der Waals surface area contributed by atoms with Gasteiger partial charge in [0.2, 0.25) is 0 Å². The van der Waals surface area contributed by atoms with Crippen LogP contribution < -0.4 is 0 Å². The lowest BCUT2D eigenvalue weighted by Gasteiger charge is -2.19. The van der Waals surface area contributed by atoms with Crippen molar-refractivity contribution in [2.24, 2.45) is 14.1 Å². The lowest BCUT2D eigenvalue weighted by atomic mass is 9.85. The van der Waals surface area contributed by atoms with Gasteiger partial charge in [-0.2, -0.15) is 0 Å². The topological polar surface area (TPSA) is 9.86 Å². The smallest absolute Gasteiger partial charge is 0.0480 e. The Morgan fingerprint density at radius 3 is 1.61 bits per heavy atom. The molecule has 0 atom stereocenters. The van der Waals surface area contributed by atoms with Crippen LogP contribution in [0.4, 0.5) is 0 Å². The molecular weight excluding hydrogens is 408 g/mol. The fraction of sp³-hybridized carbons (Fsp3) is 0.120. The van der Waals surface area contributed by atoms with Crippen molar-refractivity contribution in [1.29, 1.82) is 0 Å². The molecule has 0 fully saturated rings. The molecule has 2 aromatic heterocycles. The Hall–Kier alpha value is -2.78. The molecule has 0 spiro atoms. The van der Waals surface area contributed by atoms with E-state index in [2.05, 4.69) is 124 Å². The van der Waals surface area contributed by atoms with Crippen molar-refractivity contribution >= 4 is 37.7 Å². The van der Waals surface area contributed by atoms with Crippen LogP contribution in [0, 0.1) is 0 Å². The number of hydrogen-bond donors (Lipinski definition) is 0. The summed E-state index contributed by atoms with van der Waals surface area (Å²) >= 11 is 3.82. The van der Waals surface area contributed by atoms with E-state index >= 15 is 0 Å². The Bertz CT molecular complexity index is 1230. The largest absolute Gasteiger partial charge is 0.350 e. The second kappa shape index (κ2) is 6.68. The highest BCUT2D eigenvalue weighted by Gasteiger charge is 2.25. The van der Waals surface area contributed by atoms with Gasteiger partial charge in [0.25, 0.3) is 0 Å². The maximum atomic E-state index is 3.82. The number of aromatic nitrogens is 2. The molecule has 0 N–H and O–H groups in total. The molecule has 3 heteroatoms. The SMILES string of the molecule is Cn1cc(C(c2ccccc2Br)c2cn(C)c3ccccc23)c2ccccc21. The lowest BCUT2D eigenvalue weighted by Crippen LogP contribution is -2.03. The fourth-order valence-corrected chi connectivity index (χ4v) is 4.93. The van der Waals surface area contributed by atoms with Gasteiger partial charge in [-0.15, -0.1) is 0 Å². The zero-order chi connectivity index (χ0) is 19.3. The van der Waals surface area contributed by atoms with E-state index in [1.54, 1.807) is 0 Å². The summed E-state index contributed by atoms with van der Waals surface area (Å²) in [4.78, 5) is 0. The Kier molecular flexibility index (Phi) is 4.13. The molecule has 0 saturated heterocycles. The lowest BCUT2D eigenvalue weighted by molar-refractivity contribution is 0.910. The highest BCUT2D eigenvalue weighted by Crippen LogP contribution is 2.42. The summed E-state index contributed by atoms with van der Waals surface area (Å²) in [6, 6.07) is 25.9. The van der Waals surface area contributed by atoms with E-state index in [-0.39, 0.29) is 5.92 Å². The molecule has 0 amide bonds. The van der Waals surface area contributed by atoms with E-state index in [1.807, 2.05) is 0 Å². The zero-order valence-electron chi connectivity index (χ0n) is 15.9. The molecule has 0 aliphatic heterocycles. The molecular formula is C25H21BrN2. The van der Waals surface area contributed by atoms with Crippen molar-refractivity contribution in [2.45, 2.75) is 5.92 Å². The second-order valence-electron chi connectivity index (χ2n) is 7.38. The van der Waals surface area contributed by atoms with E-state index in [4.69, 9.17) is 0 Å². The molecule has 0 bridgehead atoms. The quantitative estimate of drug-likeness (QED) is 0.305. The third-order valence-corrected chi connectivity index (χ3v) is 6.42. The normalized spacial score (nSPS) is 11.7. The zero-order valence-corrected chi connectivity index (χ0v) is 17.5. The molecule has 28 heavy (non-hydrogen) atoms. The Balaban J connectivity index is 1.87. The van der Waals surface area contributed by atoms with Gasteiger partial charge in [0.15, 0.2) is 0 Å². The summed E-state index contributed by atoms with van der Waals surface area (Å²) in [5.74, 6) is 0.146. The third kappa shape index (κ3) is 2.61. The highest BCUT2D eigenvalue weighted by atomic mass is 79.9. The predicted octanol–water partition coefficient (Wildman–Crippen LogP) is 6.61. The first-order chi connectivity index (χ1) is 13.6. The van der Waals surface area contributed by atoms with Gasteiger partial charge in [0, 0.05) is 58.7 Å². The van der Waals surface area contributed by atoms with Crippen LogP contribution in [0.3, 0.4) is 0 Å². The molecule has 5 aromatic rings. The number of benzene rings is 3. The summed E-state index contributed by atoms with van der Waals surface area (Å²) in [6.45, 7) is 0. The number of para-hydroxylation sites is 2. The van der Waals surface area contributed by atoms with E-state index in [0.29, 0.717) is 0 Å². The van der Waals surface area contributed by atoms with Crippen LogP contribution in [0.2, 0.25) is 0 Å². The molecule has 138 valence electrons. The van der Waals surface area contributed by atoms with E-state index < -0.39 is 0 Å². The van der Waals surface area contributed by atoms with Gasteiger partial charge in [-0.05, 0) is 34.9 Å². The average molecular weight is 429 g/mol. The van der Waals surface area contributed by atoms with E-state index in [1.165, 1.54) is 38.5 Å². The molecule has 2 nitrogen and oxygen atoms in total. The van der Waals surface area contributed by atoms with Gasteiger partial charge >= 0.3 is 0 Å². The maximum Gasteiger partial charge on any atom is 0.0480 e. The Morgan fingerprint density at radius 1 is 0.607 bits per heavy atom. The average Bonchev–Trinajstić information content (AvgIpc) is 3.22. The summed E-state index contributed by atoms with van der Waals surface area (Å²) in [7, 11) is 4.26. The van der Waals surface area contributed by atoms with Crippen LogP contribution in [-0.2, 0) is 14.1 Å². The first-order valence-electron chi connectivity index (χ1n) is 9.47. The van der Waals surface area contributed by atoms with Crippen molar-refractivity contribution in [2.75, 3.05) is 0 Å². The van der Waals surface area contributed by atoms with Crippen LogP contribution in [0.1, 0.15) is 22.6 Å². The van der Waals surface area contributed by atoms with Crippen LogP contribution in [-0.4, -0.2) is 9.13 Å². The number of halogens is 1. The molecule has 0 saturated carbocycles. The summed E-state index contributed by atoms with van der Waals surface area (Å²) in [6.07, 6.45) is 4.58. The highest BCUT2D eigenvalue weighted by molar-refractivity contribution is 9.10. The van der Waals surface area contributed by atoms with Crippen molar-refractivity contribution in [3.8, 4) is 0 Å². The van der Waals surface area contributed by atoms with Crippen LogP contribution in [0.5, 0.6) is 0 Å². The first kappa shape index (κ1) is 17.3. The standard InChI is InChI=1S/C25H21BrN2/c1-27-15-20(17-9-4-7-13-23(17)27)25(19-11-3-6-12-22(19)26)21-16-28(2)24-14-8-5-10-18(21)24/h3-16,25H,1-2H3. The number of aryl methyl sites for hydroxylation is 2. The van der Waals surface area contributed by atoms with Gasteiger partial charge in [-0.1, -0.05) is 70.5 Å². The fourth-order valence-electron chi connectivity index (χ4n) is 4.42. The van der Waals surface area contributed by atoms with Crippen molar-refractivity contribution < 1.29 is 0 Å². The molecule has 3 aromatic carbocycles. The minimum atomic E-state index is 0.146. The van der Waals surface area contributed by atoms with Gasteiger partial charge in [-0.25, -0.2) is 0 Å². The van der Waals surface area contributed by atoms with Crippen molar-refractivity contribution in [1.82, 2.24) is 9.13 Å². The predicted molar refractivity (Wildman–Crippen MR) is 121 cm³/mol. The molecule has 5 rings (SSSR count). The summed E-state index contributed by atoms with van der Waals surface area (Å²) in [5.41, 5.74) is 6.47. The number of nitrogens with zero attached hydrogens (tertiary/aromatic N) is 2. The molecule has 0 aliphatic carbocycles. The Labute approximate surface area is 173 Å². The molecule has 0 radical (unpaired) electrons. The monoisotopic (exact) mass is 428 g/mol. The van der Waals surface area contributed by atoms with Crippen LogP contribution in [0.15, 0.2) is 89.7 Å². The van der Waals surface area contributed by atoms with Gasteiger partial charge in [-0.3, -0.25) is 0 Å². The molecule has 0 unspecified atom stereocenters. The molecule has 2 heterocycles. The number of rotatable bonds is 3. The van der Waals surface area contributed by atoms with Crippen molar-refractivity contribution in [3.05, 3.63) is 106 Å². The van der Waals surface area contributed by atoms with Crippen molar-refractivity contribution in [3.63, 3.8) is 0 Å². The third-order valence-electron chi connectivity index (χ3n) is 5.69.